The van der Waals surface area contributed by atoms with Gasteiger partial charge in [-0.3, -0.25) is 4.79 Å². The minimum atomic E-state index is -0.0485. The van der Waals surface area contributed by atoms with Crippen molar-refractivity contribution >= 4 is 27.5 Å². The van der Waals surface area contributed by atoms with E-state index in [0.29, 0.717) is 13.0 Å². The van der Waals surface area contributed by atoms with Crippen LogP contribution in [0.1, 0.15) is 25.8 Å². The Kier molecular flexibility index (Phi) is 3.78. The second-order valence-corrected chi connectivity index (χ2v) is 6.33. The van der Waals surface area contributed by atoms with Crippen molar-refractivity contribution in [2.75, 3.05) is 18.0 Å². The maximum Gasteiger partial charge on any atom is 0.228 e. The topological polar surface area (TPSA) is 32.3 Å². The van der Waals surface area contributed by atoms with E-state index in [-0.39, 0.29) is 11.4 Å². The summed E-state index contributed by atoms with van der Waals surface area (Å²) in [6, 6.07) is 6.06. The molecule has 0 aromatic heterocycles. The first-order chi connectivity index (χ1) is 8.39. The van der Waals surface area contributed by atoms with Gasteiger partial charge in [0.25, 0.3) is 0 Å². The van der Waals surface area contributed by atoms with Crippen LogP contribution in [0.3, 0.4) is 0 Å². The number of carbonyl (C=O) groups is 1. The molecule has 0 saturated carbocycles. The lowest BCUT2D eigenvalue weighted by molar-refractivity contribution is -0.118. The van der Waals surface area contributed by atoms with Gasteiger partial charge in [0.1, 0.15) is 0 Å². The molecule has 3 nitrogen and oxygen atoms in total. The van der Waals surface area contributed by atoms with Crippen molar-refractivity contribution in [2.45, 2.75) is 32.7 Å². The van der Waals surface area contributed by atoms with Crippen LogP contribution in [-0.2, 0) is 4.79 Å². The highest BCUT2D eigenvalue weighted by Crippen LogP contribution is 2.25. The highest BCUT2D eigenvalue weighted by atomic mass is 79.9. The van der Waals surface area contributed by atoms with Crippen LogP contribution in [-0.4, -0.2) is 24.5 Å². The molecule has 1 saturated heterocycles. The monoisotopic (exact) mass is 310 g/mol. The van der Waals surface area contributed by atoms with Crippen molar-refractivity contribution in [3.05, 3.63) is 28.2 Å². The number of anilines is 1. The fraction of sp³-hybridized carbons (Fsp3) is 0.500. The fourth-order valence-electron chi connectivity index (χ4n) is 2.21. The van der Waals surface area contributed by atoms with E-state index in [1.807, 2.05) is 24.0 Å². The van der Waals surface area contributed by atoms with E-state index in [4.69, 9.17) is 0 Å². The number of aryl methyl sites for hydroxylation is 1. The first-order valence-electron chi connectivity index (χ1n) is 6.21. The van der Waals surface area contributed by atoms with Gasteiger partial charge >= 0.3 is 0 Å². The molecular weight excluding hydrogens is 292 g/mol. The third kappa shape index (κ3) is 2.93. The number of nitrogens with zero attached hydrogens (tertiary/aromatic N) is 1. The molecule has 1 N–H and O–H groups in total. The Labute approximate surface area is 117 Å². The summed E-state index contributed by atoms with van der Waals surface area (Å²) in [7, 11) is 0. The zero-order chi connectivity index (χ0) is 13.3. The van der Waals surface area contributed by atoms with Crippen LogP contribution in [0.5, 0.6) is 0 Å². The molecular formula is C14H19BrN2O. The van der Waals surface area contributed by atoms with Crippen molar-refractivity contribution in [3.63, 3.8) is 0 Å². The molecule has 0 bridgehead atoms. The van der Waals surface area contributed by atoms with E-state index in [0.717, 1.165) is 22.3 Å². The summed E-state index contributed by atoms with van der Waals surface area (Å²) < 4.78 is 1.07. The van der Waals surface area contributed by atoms with Crippen molar-refractivity contribution in [1.82, 2.24) is 5.32 Å². The van der Waals surface area contributed by atoms with Crippen LogP contribution in [0.15, 0.2) is 22.7 Å². The molecule has 0 atom stereocenters. The van der Waals surface area contributed by atoms with Crippen molar-refractivity contribution in [2.24, 2.45) is 0 Å². The Morgan fingerprint density at radius 1 is 1.39 bits per heavy atom. The molecule has 18 heavy (non-hydrogen) atoms. The van der Waals surface area contributed by atoms with Gasteiger partial charge in [-0.2, -0.15) is 0 Å². The van der Waals surface area contributed by atoms with Gasteiger partial charge in [-0.15, -0.1) is 0 Å². The largest absolute Gasteiger partial charge is 0.311 e. The second-order valence-electron chi connectivity index (χ2n) is 5.47. The Bertz CT molecular complexity index is 471. The summed E-state index contributed by atoms with van der Waals surface area (Å²) >= 11 is 3.49. The highest BCUT2D eigenvalue weighted by Gasteiger charge is 2.29. The SMILES string of the molecule is Cc1cc(N2CC(C)(C)NCCC2=O)ccc1Br. The minimum Gasteiger partial charge on any atom is -0.311 e. The zero-order valence-corrected chi connectivity index (χ0v) is 12.7. The molecule has 1 amide bonds. The molecule has 1 aliphatic heterocycles. The smallest absolute Gasteiger partial charge is 0.228 e. The standard InChI is InChI=1S/C14H19BrN2O/c1-10-8-11(4-5-12(10)15)17-9-14(2,3)16-7-6-13(17)18/h4-5,8,16H,6-7,9H2,1-3H3. The number of hydrogen-bond acceptors (Lipinski definition) is 2. The van der Waals surface area contributed by atoms with Crippen molar-refractivity contribution in [1.29, 1.82) is 0 Å². The predicted octanol–water partition coefficient (Wildman–Crippen LogP) is 2.86. The average molecular weight is 311 g/mol. The second kappa shape index (κ2) is 5.02. The van der Waals surface area contributed by atoms with Crippen molar-refractivity contribution in [3.8, 4) is 0 Å². The molecule has 2 rings (SSSR count). The lowest BCUT2D eigenvalue weighted by Crippen LogP contribution is -2.47. The van der Waals surface area contributed by atoms with E-state index < -0.39 is 0 Å². The lowest BCUT2D eigenvalue weighted by atomic mass is 10.1. The normalized spacial score (nSPS) is 19.8. The van der Waals surface area contributed by atoms with Crippen LogP contribution in [0.2, 0.25) is 0 Å². The quantitative estimate of drug-likeness (QED) is 0.865. The Morgan fingerprint density at radius 2 is 2.11 bits per heavy atom. The first-order valence-corrected chi connectivity index (χ1v) is 7.00. The number of hydrogen-bond donors (Lipinski definition) is 1. The number of rotatable bonds is 1. The highest BCUT2D eigenvalue weighted by molar-refractivity contribution is 9.10. The van der Waals surface area contributed by atoms with E-state index >= 15 is 0 Å². The van der Waals surface area contributed by atoms with E-state index in [9.17, 15) is 4.79 Å². The third-order valence-corrected chi connectivity index (χ3v) is 4.14. The number of halogens is 1. The van der Waals surface area contributed by atoms with Crippen LogP contribution < -0.4 is 10.2 Å². The Hall–Kier alpha value is -0.870. The van der Waals surface area contributed by atoms with Gasteiger partial charge in [0.05, 0.1) is 0 Å². The fourth-order valence-corrected chi connectivity index (χ4v) is 2.46. The van der Waals surface area contributed by atoms with Gasteiger partial charge in [-0.05, 0) is 44.5 Å². The molecule has 0 spiro atoms. The third-order valence-electron chi connectivity index (χ3n) is 3.25. The molecule has 0 radical (unpaired) electrons. The molecule has 4 heteroatoms. The lowest BCUT2D eigenvalue weighted by Gasteiger charge is -2.30. The number of benzene rings is 1. The van der Waals surface area contributed by atoms with E-state index in [1.165, 1.54) is 0 Å². The van der Waals surface area contributed by atoms with E-state index in [2.05, 4.69) is 41.2 Å². The van der Waals surface area contributed by atoms with Crippen LogP contribution >= 0.6 is 15.9 Å². The van der Waals surface area contributed by atoms with Gasteiger partial charge in [0.2, 0.25) is 5.91 Å². The van der Waals surface area contributed by atoms with Crippen LogP contribution in [0.25, 0.3) is 0 Å². The van der Waals surface area contributed by atoms with Gasteiger partial charge in [-0.1, -0.05) is 15.9 Å². The molecule has 1 aromatic rings. The first kappa shape index (κ1) is 13.6. The molecule has 0 aliphatic carbocycles. The molecule has 1 heterocycles. The summed E-state index contributed by atoms with van der Waals surface area (Å²) in [5.41, 5.74) is 2.08. The van der Waals surface area contributed by atoms with Crippen molar-refractivity contribution < 1.29 is 4.79 Å². The van der Waals surface area contributed by atoms with Gasteiger partial charge < -0.3 is 10.2 Å². The Morgan fingerprint density at radius 3 is 2.78 bits per heavy atom. The maximum absolute atomic E-state index is 12.2. The van der Waals surface area contributed by atoms with Gasteiger partial charge in [0.15, 0.2) is 0 Å². The summed E-state index contributed by atoms with van der Waals surface area (Å²) in [4.78, 5) is 14.1. The predicted molar refractivity (Wildman–Crippen MR) is 77.9 cm³/mol. The summed E-state index contributed by atoms with van der Waals surface area (Å²) in [6.45, 7) is 7.75. The minimum absolute atomic E-state index is 0.0485. The molecule has 1 fully saturated rings. The molecule has 1 aromatic carbocycles. The summed E-state index contributed by atoms with van der Waals surface area (Å²) in [5, 5.41) is 3.41. The molecule has 0 unspecified atom stereocenters. The summed E-state index contributed by atoms with van der Waals surface area (Å²) in [6.07, 6.45) is 0.554. The van der Waals surface area contributed by atoms with Gasteiger partial charge in [0, 0.05) is 35.2 Å². The number of carbonyl (C=O) groups excluding carboxylic acids is 1. The zero-order valence-electron chi connectivity index (χ0n) is 11.1. The average Bonchev–Trinajstić information content (AvgIpc) is 2.42. The van der Waals surface area contributed by atoms with Crippen LogP contribution in [0.4, 0.5) is 5.69 Å². The van der Waals surface area contributed by atoms with Crippen LogP contribution in [0, 0.1) is 6.92 Å². The van der Waals surface area contributed by atoms with Gasteiger partial charge in [-0.25, -0.2) is 0 Å². The molecule has 98 valence electrons. The molecule has 1 aliphatic rings. The number of amides is 1. The summed E-state index contributed by atoms with van der Waals surface area (Å²) in [5.74, 6) is 0.190. The maximum atomic E-state index is 12.2. The number of nitrogens with one attached hydrogen (secondary N) is 1. The Balaban J connectivity index is 2.33. The van der Waals surface area contributed by atoms with E-state index in [1.54, 1.807) is 0 Å².